The summed E-state index contributed by atoms with van der Waals surface area (Å²) >= 11 is 0. The third-order valence-electron chi connectivity index (χ3n) is 3.28. The molecule has 1 heterocycles. The molecule has 0 aliphatic rings. The van der Waals surface area contributed by atoms with Crippen LogP contribution in [0.3, 0.4) is 0 Å². The first-order valence-electron chi connectivity index (χ1n) is 6.09. The van der Waals surface area contributed by atoms with E-state index < -0.39 is 0 Å². The summed E-state index contributed by atoms with van der Waals surface area (Å²) in [6.07, 6.45) is 3.19. The van der Waals surface area contributed by atoms with Crippen LogP contribution in [0.5, 0.6) is 0 Å². The highest BCUT2D eigenvalue weighted by Gasteiger charge is 2.18. The minimum atomic E-state index is 0.0868. The monoisotopic (exact) mass is 221 g/mol. The van der Waals surface area contributed by atoms with E-state index in [1.165, 1.54) is 5.56 Å². The number of nitrogens with zero attached hydrogens (tertiary/aromatic N) is 1. The van der Waals surface area contributed by atoms with Gasteiger partial charge in [-0.2, -0.15) is 0 Å². The highest BCUT2D eigenvalue weighted by atomic mass is 16.5. The molecule has 2 nitrogen and oxygen atoms in total. The molecule has 0 aliphatic carbocycles. The Balaban J connectivity index is 2.83. The molecule has 1 aromatic heterocycles. The summed E-state index contributed by atoms with van der Waals surface area (Å²) in [5.41, 5.74) is 2.51. The molecule has 16 heavy (non-hydrogen) atoms. The van der Waals surface area contributed by atoms with Crippen LogP contribution in [0, 0.1) is 0 Å². The van der Waals surface area contributed by atoms with Crippen LogP contribution in [-0.2, 0) is 10.2 Å². The number of hydrogen-bond acceptors (Lipinski definition) is 2. The van der Waals surface area contributed by atoms with Crippen LogP contribution < -0.4 is 0 Å². The summed E-state index contributed by atoms with van der Waals surface area (Å²) in [7, 11) is 0. The SMILES string of the molecule is CCOC(C)c1ccc(C(C)(C)CC)cn1. The van der Waals surface area contributed by atoms with E-state index in [0.29, 0.717) is 0 Å². The molecular formula is C14H23NO. The predicted octanol–water partition coefficient (Wildman–Crippen LogP) is 3.87. The van der Waals surface area contributed by atoms with E-state index in [1.807, 2.05) is 20.0 Å². The van der Waals surface area contributed by atoms with Gasteiger partial charge in [-0.05, 0) is 37.3 Å². The van der Waals surface area contributed by atoms with Crippen molar-refractivity contribution in [3.05, 3.63) is 29.6 Å². The van der Waals surface area contributed by atoms with Crippen molar-refractivity contribution in [2.45, 2.75) is 52.6 Å². The molecule has 0 fully saturated rings. The van der Waals surface area contributed by atoms with Gasteiger partial charge in [0.05, 0.1) is 11.8 Å². The Morgan fingerprint density at radius 3 is 2.44 bits per heavy atom. The number of aromatic nitrogens is 1. The molecule has 0 spiro atoms. The van der Waals surface area contributed by atoms with Crippen LogP contribution in [0.2, 0.25) is 0 Å². The lowest BCUT2D eigenvalue weighted by Gasteiger charge is -2.23. The van der Waals surface area contributed by atoms with Crippen molar-refractivity contribution in [1.82, 2.24) is 4.98 Å². The molecule has 1 aromatic rings. The normalized spacial score (nSPS) is 13.8. The average molecular weight is 221 g/mol. The first-order chi connectivity index (χ1) is 7.51. The molecule has 0 N–H and O–H groups in total. The van der Waals surface area contributed by atoms with Crippen molar-refractivity contribution in [2.24, 2.45) is 0 Å². The topological polar surface area (TPSA) is 22.1 Å². The van der Waals surface area contributed by atoms with E-state index in [9.17, 15) is 0 Å². The number of hydrogen-bond donors (Lipinski definition) is 0. The predicted molar refractivity (Wildman–Crippen MR) is 67.6 cm³/mol. The van der Waals surface area contributed by atoms with Crippen molar-refractivity contribution in [3.63, 3.8) is 0 Å². The van der Waals surface area contributed by atoms with Crippen LogP contribution in [0.15, 0.2) is 18.3 Å². The Hall–Kier alpha value is -0.890. The second kappa shape index (κ2) is 5.44. The second-order valence-corrected chi connectivity index (χ2v) is 4.81. The lowest BCUT2D eigenvalue weighted by atomic mass is 9.83. The smallest absolute Gasteiger partial charge is 0.0966 e. The summed E-state index contributed by atoms with van der Waals surface area (Å²) in [6.45, 7) is 11.5. The zero-order valence-corrected chi connectivity index (χ0v) is 11.1. The lowest BCUT2D eigenvalue weighted by molar-refractivity contribution is 0.0733. The number of pyridine rings is 1. The van der Waals surface area contributed by atoms with Gasteiger partial charge in [-0.15, -0.1) is 0 Å². The third kappa shape index (κ3) is 3.05. The van der Waals surface area contributed by atoms with Gasteiger partial charge in [-0.25, -0.2) is 0 Å². The summed E-state index contributed by atoms with van der Waals surface area (Å²) in [4.78, 5) is 4.49. The minimum absolute atomic E-state index is 0.0868. The van der Waals surface area contributed by atoms with Crippen molar-refractivity contribution in [1.29, 1.82) is 0 Å². The zero-order chi connectivity index (χ0) is 12.2. The van der Waals surface area contributed by atoms with E-state index in [1.54, 1.807) is 0 Å². The van der Waals surface area contributed by atoms with Gasteiger partial charge in [-0.3, -0.25) is 4.98 Å². The van der Waals surface area contributed by atoms with Crippen LogP contribution in [0.25, 0.3) is 0 Å². The molecule has 1 atom stereocenters. The molecule has 1 rings (SSSR count). The first-order valence-corrected chi connectivity index (χ1v) is 6.09. The molecule has 0 aromatic carbocycles. The van der Waals surface area contributed by atoms with Gasteiger partial charge >= 0.3 is 0 Å². The minimum Gasteiger partial charge on any atom is -0.373 e. The Morgan fingerprint density at radius 2 is 2.00 bits per heavy atom. The van der Waals surface area contributed by atoms with Gasteiger partial charge in [0.25, 0.3) is 0 Å². The molecule has 0 bridgehead atoms. The van der Waals surface area contributed by atoms with Crippen LogP contribution in [-0.4, -0.2) is 11.6 Å². The molecular weight excluding hydrogens is 198 g/mol. The van der Waals surface area contributed by atoms with Gasteiger partial charge < -0.3 is 4.74 Å². The zero-order valence-electron chi connectivity index (χ0n) is 11.1. The third-order valence-corrected chi connectivity index (χ3v) is 3.28. The highest BCUT2D eigenvalue weighted by Crippen LogP contribution is 2.26. The second-order valence-electron chi connectivity index (χ2n) is 4.81. The van der Waals surface area contributed by atoms with Crippen LogP contribution >= 0.6 is 0 Å². The van der Waals surface area contributed by atoms with E-state index in [-0.39, 0.29) is 11.5 Å². The number of rotatable bonds is 5. The fourth-order valence-corrected chi connectivity index (χ4v) is 1.59. The van der Waals surface area contributed by atoms with Gasteiger partial charge in [0, 0.05) is 12.8 Å². The Morgan fingerprint density at radius 1 is 1.31 bits per heavy atom. The maximum absolute atomic E-state index is 5.52. The van der Waals surface area contributed by atoms with Crippen LogP contribution in [0.1, 0.15) is 58.4 Å². The van der Waals surface area contributed by atoms with Gasteiger partial charge in [0.2, 0.25) is 0 Å². The molecule has 0 aliphatic heterocycles. The molecule has 1 unspecified atom stereocenters. The molecule has 0 saturated heterocycles. The Labute approximate surface area is 99.0 Å². The molecule has 90 valence electrons. The molecule has 0 amide bonds. The summed E-state index contributed by atoms with van der Waals surface area (Å²) in [5, 5.41) is 0. The molecule has 2 heteroatoms. The quantitative estimate of drug-likeness (QED) is 0.753. The standard InChI is InChI=1S/C14H23NO/c1-6-14(4,5)12-8-9-13(15-10-12)11(3)16-7-2/h8-11H,6-7H2,1-5H3. The average Bonchev–Trinajstić information content (AvgIpc) is 2.29. The first kappa shape index (κ1) is 13.2. The summed E-state index contributed by atoms with van der Waals surface area (Å²) < 4.78 is 5.52. The fraction of sp³-hybridized carbons (Fsp3) is 0.643. The van der Waals surface area contributed by atoms with E-state index in [4.69, 9.17) is 4.74 Å². The van der Waals surface area contributed by atoms with Gasteiger partial charge in [0.1, 0.15) is 0 Å². The van der Waals surface area contributed by atoms with E-state index in [2.05, 4.69) is 37.9 Å². The van der Waals surface area contributed by atoms with Crippen molar-refractivity contribution in [2.75, 3.05) is 6.61 Å². The van der Waals surface area contributed by atoms with E-state index >= 15 is 0 Å². The van der Waals surface area contributed by atoms with Gasteiger partial charge in [-0.1, -0.05) is 26.8 Å². The largest absolute Gasteiger partial charge is 0.373 e. The summed E-state index contributed by atoms with van der Waals surface area (Å²) in [6, 6.07) is 4.24. The summed E-state index contributed by atoms with van der Waals surface area (Å²) in [5.74, 6) is 0. The maximum Gasteiger partial charge on any atom is 0.0966 e. The van der Waals surface area contributed by atoms with Crippen LogP contribution in [0.4, 0.5) is 0 Å². The number of ether oxygens (including phenoxy) is 1. The highest BCUT2D eigenvalue weighted by molar-refractivity contribution is 5.22. The van der Waals surface area contributed by atoms with E-state index in [0.717, 1.165) is 18.7 Å². The fourth-order valence-electron chi connectivity index (χ4n) is 1.59. The maximum atomic E-state index is 5.52. The molecule has 0 saturated carbocycles. The van der Waals surface area contributed by atoms with Crippen molar-refractivity contribution in [3.8, 4) is 0 Å². The lowest BCUT2D eigenvalue weighted by Crippen LogP contribution is -2.16. The van der Waals surface area contributed by atoms with Gasteiger partial charge in [0.15, 0.2) is 0 Å². The Bertz CT molecular complexity index is 316. The Kier molecular flexibility index (Phi) is 4.48. The van der Waals surface area contributed by atoms with Crippen molar-refractivity contribution >= 4 is 0 Å². The molecule has 0 radical (unpaired) electrons. The van der Waals surface area contributed by atoms with Crippen molar-refractivity contribution < 1.29 is 4.74 Å².